The number of pyridine rings is 1. The molecule has 1 atom stereocenters. The van der Waals surface area contributed by atoms with Crippen LogP contribution in [0.25, 0.3) is 21.9 Å². The number of rotatable bonds is 2. The standard InChI is InChI=1S/C22H24FN5/c1-27-9-8-17(13-27)28-21-18-10-14(11-24)2-7-19(18)25-12-20(21)26-22(28)15-3-5-16(23)6-4-15/h2,7,10,12,15-17H,3-6,8-9,13H2,1H3/t15-,16+,17-/m1/s1. The maximum Gasteiger partial charge on any atom is 0.113 e. The highest BCUT2D eigenvalue weighted by molar-refractivity contribution is 6.03. The van der Waals surface area contributed by atoms with E-state index < -0.39 is 6.17 Å². The second-order valence-electron chi connectivity index (χ2n) is 8.33. The molecule has 0 radical (unpaired) electrons. The Kier molecular flexibility index (Phi) is 4.28. The highest BCUT2D eigenvalue weighted by Gasteiger charge is 2.31. The van der Waals surface area contributed by atoms with E-state index in [1.165, 1.54) is 0 Å². The van der Waals surface area contributed by atoms with Crippen LogP contribution in [0.3, 0.4) is 0 Å². The van der Waals surface area contributed by atoms with E-state index in [9.17, 15) is 9.65 Å². The molecule has 0 spiro atoms. The zero-order valence-corrected chi connectivity index (χ0v) is 16.1. The van der Waals surface area contributed by atoms with Gasteiger partial charge in [-0.05, 0) is 63.9 Å². The summed E-state index contributed by atoms with van der Waals surface area (Å²) in [7, 11) is 2.15. The summed E-state index contributed by atoms with van der Waals surface area (Å²) in [6.07, 6.45) is 5.20. The monoisotopic (exact) mass is 377 g/mol. The molecule has 6 heteroatoms. The van der Waals surface area contributed by atoms with Crippen molar-refractivity contribution in [3.05, 3.63) is 35.8 Å². The Hall–Kier alpha value is -2.52. The number of fused-ring (bicyclic) bond motifs is 3. The number of halogens is 1. The van der Waals surface area contributed by atoms with Gasteiger partial charge in [-0.1, -0.05) is 0 Å². The highest BCUT2D eigenvalue weighted by atomic mass is 19.1. The first-order valence-electron chi connectivity index (χ1n) is 10.2. The van der Waals surface area contributed by atoms with Crippen LogP contribution in [0, 0.1) is 11.3 Å². The third-order valence-corrected chi connectivity index (χ3v) is 6.43. The molecule has 5 rings (SSSR count). The van der Waals surface area contributed by atoms with Gasteiger partial charge in [0.15, 0.2) is 0 Å². The number of benzene rings is 1. The lowest BCUT2D eigenvalue weighted by molar-refractivity contribution is 0.229. The van der Waals surface area contributed by atoms with Gasteiger partial charge in [-0.15, -0.1) is 0 Å². The van der Waals surface area contributed by atoms with Crippen molar-refractivity contribution < 1.29 is 4.39 Å². The first kappa shape index (κ1) is 17.6. The minimum absolute atomic E-state index is 0.291. The SMILES string of the molecule is CN1CC[C@@H](n2c3c(cnc4ccc(C#N)cc43)nc2[C@H]2CC[C@@H](F)CC2)C1. The van der Waals surface area contributed by atoms with Crippen molar-refractivity contribution in [2.45, 2.75) is 50.2 Å². The molecule has 28 heavy (non-hydrogen) atoms. The van der Waals surface area contributed by atoms with Crippen LogP contribution in [0.4, 0.5) is 4.39 Å². The predicted molar refractivity (Wildman–Crippen MR) is 107 cm³/mol. The lowest BCUT2D eigenvalue weighted by Gasteiger charge is -2.26. The van der Waals surface area contributed by atoms with Gasteiger partial charge in [0.25, 0.3) is 0 Å². The number of nitriles is 1. The van der Waals surface area contributed by atoms with E-state index in [1.54, 1.807) is 0 Å². The zero-order chi connectivity index (χ0) is 19.3. The highest BCUT2D eigenvalue weighted by Crippen LogP contribution is 2.39. The summed E-state index contributed by atoms with van der Waals surface area (Å²) in [5.74, 6) is 1.37. The van der Waals surface area contributed by atoms with Gasteiger partial charge in [0, 0.05) is 23.9 Å². The Morgan fingerprint density at radius 1 is 1.14 bits per heavy atom. The van der Waals surface area contributed by atoms with Crippen LogP contribution in [0.2, 0.25) is 0 Å². The lowest BCUT2D eigenvalue weighted by atomic mass is 9.87. The van der Waals surface area contributed by atoms with E-state index in [0.29, 0.717) is 30.4 Å². The third kappa shape index (κ3) is 2.85. The molecule has 2 aliphatic rings. The van der Waals surface area contributed by atoms with E-state index in [0.717, 1.165) is 60.1 Å². The number of nitrogens with zero attached hydrogens (tertiary/aromatic N) is 5. The number of imidazole rings is 1. The summed E-state index contributed by atoms with van der Waals surface area (Å²) < 4.78 is 16.2. The van der Waals surface area contributed by atoms with Crippen molar-refractivity contribution in [3.8, 4) is 6.07 Å². The van der Waals surface area contributed by atoms with Crippen LogP contribution in [-0.2, 0) is 0 Å². The molecular formula is C22H24FN5. The molecule has 1 saturated heterocycles. The summed E-state index contributed by atoms with van der Waals surface area (Å²) in [6, 6.07) is 8.26. The molecule has 0 N–H and O–H groups in total. The number of alkyl halides is 1. The van der Waals surface area contributed by atoms with Crippen LogP contribution in [0.5, 0.6) is 0 Å². The van der Waals surface area contributed by atoms with Crippen LogP contribution in [0.15, 0.2) is 24.4 Å². The van der Waals surface area contributed by atoms with Gasteiger partial charge in [0.05, 0.1) is 28.9 Å². The molecule has 1 aromatic carbocycles. The van der Waals surface area contributed by atoms with Gasteiger partial charge in [-0.3, -0.25) is 4.98 Å². The summed E-state index contributed by atoms with van der Waals surface area (Å²) in [5.41, 5.74) is 3.49. The minimum atomic E-state index is -0.674. The molecule has 1 aliphatic heterocycles. The first-order valence-corrected chi connectivity index (χ1v) is 10.2. The Bertz CT molecular complexity index is 1070. The fraction of sp³-hybridized carbons (Fsp3) is 0.500. The number of likely N-dealkylation sites (N-methyl/N-ethyl adjacent to an activating group) is 1. The van der Waals surface area contributed by atoms with Crippen molar-refractivity contribution in [1.82, 2.24) is 19.4 Å². The van der Waals surface area contributed by atoms with E-state index >= 15 is 0 Å². The van der Waals surface area contributed by atoms with Crippen molar-refractivity contribution in [2.75, 3.05) is 20.1 Å². The summed E-state index contributed by atoms with van der Waals surface area (Å²) in [4.78, 5) is 11.9. The Morgan fingerprint density at radius 2 is 1.96 bits per heavy atom. The number of likely N-dealkylation sites (tertiary alicyclic amines) is 1. The zero-order valence-electron chi connectivity index (χ0n) is 16.1. The fourth-order valence-electron chi connectivity index (χ4n) is 4.96. The number of hydrogen-bond donors (Lipinski definition) is 0. The molecule has 2 fully saturated rings. The second-order valence-corrected chi connectivity index (χ2v) is 8.33. The summed E-state index contributed by atoms with van der Waals surface area (Å²) >= 11 is 0. The second kappa shape index (κ2) is 6.82. The maximum absolute atomic E-state index is 13.7. The lowest BCUT2D eigenvalue weighted by Crippen LogP contribution is -2.21. The molecule has 3 heterocycles. The Morgan fingerprint density at radius 3 is 2.68 bits per heavy atom. The van der Waals surface area contributed by atoms with E-state index in [-0.39, 0.29) is 0 Å². The van der Waals surface area contributed by atoms with Gasteiger partial charge in [0.2, 0.25) is 0 Å². The summed E-state index contributed by atoms with van der Waals surface area (Å²) in [5, 5.41) is 10.4. The van der Waals surface area contributed by atoms with Crippen molar-refractivity contribution in [3.63, 3.8) is 0 Å². The van der Waals surface area contributed by atoms with Crippen LogP contribution < -0.4 is 0 Å². The first-order chi connectivity index (χ1) is 13.6. The maximum atomic E-state index is 13.7. The molecule has 3 aromatic rings. The topological polar surface area (TPSA) is 57.7 Å². The van der Waals surface area contributed by atoms with Crippen molar-refractivity contribution in [2.24, 2.45) is 0 Å². The van der Waals surface area contributed by atoms with Gasteiger partial charge >= 0.3 is 0 Å². The van der Waals surface area contributed by atoms with Gasteiger partial charge in [-0.25, -0.2) is 9.37 Å². The molecule has 1 saturated carbocycles. The van der Waals surface area contributed by atoms with Crippen LogP contribution in [-0.4, -0.2) is 45.7 Å². The molecule has 2 aromatic heterocycles. The van der Waals surface area contributed by atoms with Gasteiger partial charge in [0.1, 0.15) is 17.5 Å². The smallest absolute Gasteiger partial charge is 0.113 e. The molecule has 0 amide bonds. The van der Waals surface area contributed by atoms with E-state index in [2.05, 4.69) is 27.6 Å². The fourth-order valence-corrected chi connectivity index (χ4v) is 4.96. The molecule has 144 valence electrons. The summed E-state index contributed by atoms with van der Waals surface area (Å²) in [6.45, 7) is 2.05. The molecule has 0 bridgehead atoms. The van der Waals surface area contributed by atoms with Crippen LogP contribution in [0.1, 0.15) is 55.5 Å². The number of aromatic nitrogens is 3. The average Bonchev–Trinajstić information content (AvgIpc) is 3.31. The largest absolute Gasteiger partial charge is 0.323 e. The van der Waals surface area contributed by atoms with Gasteiger partial charge in [-0.2, -0.15) is 5.26 Å². The third-order valence-electron chi connectivity index (χ3n) is 6.43. The average molecular weight is 377 g/mol. The van der Waals surface area contributed by atoms with Crippen molar-refractivity contribution >= 4 is 21.9 Å². The predicted octanol–water partition coefficient (Wildman–Crippen LogP) is 4.33. The Balaban J connectivity index is 1.75. The molecule has 0 unspecified atom stereocenters. The molecule has 5 nitrogen and oxygen atoms in total. The quantitative estimate of drug-likeness (QED) is 0.667. The minimum Gasteiger partial charge on any atom is -0.323 e. The number of hydrogen-bond acceptors (Lipinski definition) is 4. The Labute approximate surface area is 163 Å². The van der Waals surface area contributed by atoms with Crippen LogP contribution >= 0.6 is 0 Å². The van der Waals surface area contributed by atoms with E-state index in [1.807, 2.05) is 24.4 Å². The molecular weight excluding hydrogens is 353 g/mol. The van der Waals surface area contributed by atoms with E-state index in [4.69, 9.17) is 4.98 Å². The molecule has 1 aliphatic carbocycles. The normalized spacial score (nSPS) is 26.1. The van der Waals surface area contributed by atoms with Gasteiger partial charge < -0.3 is 9.47 Å². The van der Waals surface area contributed by atoms with Crippen molar-refractivity contribution in [1.29, 1.82) is 5.26 Å².